The third-order valence-corrected chi connectivity index (χ3v) is 6.93. The quantitative estimate of drug-likeness (QED) is 0.296. The van der Waals surface area contributed by atoms with Gasteiger partial charge in [-0.1, -0.05) is 30.3 Å². The smallest absolute Gasteiger partial charge is 0.323 e. The van der Waals surface area contributed by atoms with Gasteiger partial charge in [-0.25, -0.2) is 18.3 Å². The fourth-order valence-electron chi connectivity index (χ4n) is 5.09. The van der Waals surface area contributed by atoms with E-state index in [1.54, 1.807) is 12.0 Å². The number of carbonyl (C=O) groups excluding carboxylic acids is 1. The Morgan fingerprint density at radius 3 is 2.62 bits per heavy atom. The molecule has 1 aliphatic heterocycles. The van der Waals surface area contributed by atoms with Gasteiger partial charge in [-0.2, -0.15) is 5.10 Å². The van der Waals surface area contributed by atoms with Gasteiger partial charge in [0.05, 0.1) is 42.5 Å². The van der Waals surface area contributed by atoms with Gasteiger partial charge < -0.3 is 19.5 Å². The summed E-state index contributed by atoms with van der Waals surface area (Å²) in [5.41, 5.74) is 3.81. The molecule has 0 radical (unpaired) electrons. The Balaban J connectivity index is 1.55. The highest BCUT2D eigenvalue weighted by Crippen LogP contribution is 2.39. The van der Waals surface area contributed by atoms with Gasteiger partial charge in [-0.05, 0) is 61.0 Å². The second kappa shape index (κ2) is 9.75. The lowest BCUT2D eigenvalue weighted by Crippen LogP contribution is -2.38. The molecule has 2 amide bonds. The van der Waals surface area contributed by atoms with E-state index >= 15 is 0 Å². The van der Waals surface area contributed by atoms with Crippen LogP contribution in [0.5, 0.6) is 5.75 Å². The number of carbonyl (C=O) groups is 1. The van der Waals surface area contributed by atoms with Crippen LogP contribution in [0, 0.1) is 18.6 Å². The van der Waals surface area contributed by atoms with E-state index in [0.29, 0.717) is 5.75 Å². The molecular weight excluding hydrogens is 500 g/mol. The van der Waals surface area contributed by atoms with Crippen molar-refractivity contribution in [2.24, 2.45) is 0 Å². The van der Waals surface area contributed by atoms with Gasteiger partial charge in [-0.3, -0.25) is 0 Å². The van der Waals surface area contributed by atoms with E-state index in [1.807, 2.05) is 89.1 Å². The van der Waals surface area contributed by atoms with Crippen LogP contribution in [0.25, 0.3) is 11.5 Å². The highest BCUT2D eigenvalue weighted by molar-refractivity contribution is 5.90. The minimum Gasteiger partial charge on any atom is -0.497 e. The van der Waals surface area contributed by atoms with Gasteiger partial charge >= 0.3 is 6.03 Å². The van der Waals surface area contributed by atoms with Crippen LogP contribution < -0.4 is 10.1 Å². The van der Waals surface area contributed by atoms with E-state index in [2.05, 4.69) is 5.32 Å². The number of ether oxygens (including phenoxy) is 1. The molecule has 0 fully saturated rings. The topological polar surface area (TPSA) is 64.3 Å². The van der Waals surface area contributed by atoms with Crippen LogP contribution in [0.1, 0.15) is 28.6 Å². The Hall–Kier alpha value is -4.92. The minimum absolute atomic E-state index is 0.167. The molecule has 0 saturated heterocycles. The molecule has 2 aromatic heterocycles. The summed E-state index contributed by atoms with van der Waals surface area (Å²) in [6.45, 7) is 2.07. The summed E-state index contributed by atoms with van der Waals surface area (Å²) in [4.78, 5) is 15.5. The monoisotopic (exact) mass is 525 g/mol. The van der Waals surface area contributed by atoms with Crippen molar-refractivity contribution in [3.8, 4) is 17.3 Å². The first-order valence-corrected chi connectivity index (χ1v) is 12.4. The van der Waals surface area contributed by atoms with Crippen molar-refractivity contribution in [3.05, 3.63) is 125 Å². The van der Waals surface area contributed by atoms with Crippen LogP contribution in [-0.2, 0) is 6.54 Å². The van der Waals surface area contributed by atoms with Gasteiger partial charge in [0, 0.05) is 17.8 Å². The largest absolute Gasteiger partial charge is 0.497 e. The zero-order chi connectivity index (χ0) is 27.1. The zero-order valence-corrected chi connectivity index (χ0v) is 21.3. The van der Waals surface area contributed by atoms with Gasteiger partial charge in [0.2, 0.25) is 0 Å². The lowest BCUT2D eigenvalue weighted by Gasteiger charge is -2.31. The van der Waals surface area contributed by atoms with Crippen molar-refractivity contribution in [2.75, 3.05) is 12.4 Å². The van der Waals surface area contributed by atoms with Crippen molar-refractivity contribution >= 4 is 11.7 Å². The van der Waals surface area contributed by atoms with Crippen LogP contribution in [-0.4, -0.2) is 32.4 Å². The van der Waals surface area contributed by atoms with Crippen LogP contribution in [0.15, 0.2) is 91.1 Å². The van der Waals surface area contributed by atoms with Crippen LogP contribution in [0.2, 0.25) is 0 Å². The summed E-state index contributed by atoms with van der Waals surface area (Å²) in [5.74, 6) is 0.0621. The standard InChI is InChI=1S/C30H25F2N5O2/c1-19-24-18-36(30(38)33-26-17-21(31)13-14-25(26)32)28(20-8-6-11-23(16-20)39-2)27-12-7-15-35(27)29(24)37(34-19)22-9-4-3-5-10-22/h3-17,28H,18H2,1-2H3,(H,33,38)/t28-/m1/s1. The molecule has 9 heteroatoms. The first-order chi connectivity index (χ1) is 18.9. The van der Waals surface area contributed by atoms with Gasteiger partial charge in [0.15, 0.2) is 0 Å². The van der Waals surface area contributed by atoms with Crippen LogP contribution in [0.4, 0.5) is 19.3 Å². The molecule has 5 aromatic rings. The fraction of sp³-hybridized carbons (Fsp3) is 0.133. The third-order valence-electron chi connectivity index (χ3n) is 6.93. The van der Waals surface area contributed by atoms with E-state index in [-0.39, 0.29) is 12.2 Å². The molecule has 1 atom stereocenters. The summed E-state index contributed by atoms with van der Waals surface area (Å²) in [6.07, 6.45) is 1.94. The summed E-state index contributed by atoms with van der Waals surface area (Å²) >= 11 is 0. The number of anilines is 1. The number of amides is 2. The molecule has 3 aromatic carbocycles. The number of urea groups is 1. The summed E-state index contributed by atoms with van der Waals surface area (Å²) in [5, 5.41) is 7.41. The molecule has 3 heterocycles. The third kappa shape index (κ3) is 4.31. The van der Waals surface area contributed by atoms with Crippen molar-refractivity contribution in [1.82, 2.24) is 19.2 Å². The second-order valence-electron chi connectivity index (χ2n) is 9.30. The number of para-hydroxylation sites is 1. The summed E-state index contributed by atoms with van der Waals surface area (Å²) in [6, 6.07) is 22.9. The lowest BCUT2D eigenvalue weighted by molar-refractivity contribution is 0.194. The molecule has 1 N–H and O–H groups in total. The van der Waals surface area contributed by atoms with Crippen molar-refractivity contribution in [2.45, 2.75) is 19.5 Å². The molecule has 196 valence electrons. The number of rotatable bonds is 4. The summed E-state index contributed by atoms with van der Waals surface area (Å²) < 4.78 is 37.9. The first-order valence-electron chi connectivity index (χ1n) is 12.4. The maximum absolute atomic E-state index is 14.5. The number of aromatic nitrogens is 3. The minimum atomic E-state index is -0.727. The van der Waals surface area contributed by atoms with Gasteiger partial charge in [0.25, 0.3) is 0 Å². The predicted octanol–water partition coefficient (Wildman–Crippen LogP) is 6.40. The van der Waals surface area contributed by atoms with E-state index in [1.165, 1.54) is 0 Å². The maximum atomic E-state index is 14.5. The Kier molecular flexibility index (Phi) is 6.11. The number of hydrogen-bond acceptors (Lipinski definition) is 3. The molecular formula is C30H25F2N5O2. The predicted molar refractivity (Wildman–Crippen MR) is 143 cm³/mol. The normalized spacial score (nSPS) is 14.4. The average Bonchev–Trinajstić information content (AvgIpc) is 3.51. The molecule has 0 unspecified atom stereocenters. The Bertz CT molecular complexity index is 1680. The number of nitrogens with one attached hydrogen (secondary N) is 1. The molecule has 6 rings (SSSR count). The van der Waals surface area contributed by atoms with E-state index in [9.17, 15) is 13.6 Å². The number of fused-ring (bicyclic) bond motifs is 3. The fourth-order valence-corrected chi connectivity index (χ4v) is 5.09. The van der Waals surface area contributed by atoms with Crippen molar-refractivity contribution < 1.29 is 18.3 Å². The Labute approximate surface area is 223 Å². The molecule has 0 aliphatic carbocycles. The molecule has 7 nitrogen and oxygen atoms in total. The van der Waals surface area contributed by atoms with Gasteiger partial charge in [-0.15, -0.1) is 0 Å². The van der Waals surface area contributed by atoms with Crippen molar-refractivity contribution in [1.29, 1.82) is 0 Å². The number of nitrogens with zero attached hydrogens (tertiary/aromatic N) is 4. The van der Waals surface area contributed by atoms with Crippen molar-refractivity contribution in [3.63, 3.8) is 0 Å². The Morgan fingerprint density at radius 1 is 1.00 bits per heavy atom. The summed E-state index contributed by atoms with van der Waals surface area (Å²) in [7, 11) is 1.58. The lowest BCUT2D eigenvalue weighted by atomic mass is 10.0. The highest BCUT2D eigenvalue weighted by atomic mass is 19.1. The SMILES string of the molecule is COc1cccc([C@@H]2c3cccn3-c3c(c(C)nn3-c3ccccc3)CN2C(=O)Nc2cc(F)ccc2F)c1. The number of benzene rings is 3. The van der Waals surface area contributed by atoms with E-state index in [0.717, 1.165) is 52.2 Å². The molecule has 0 bridgehead atoms. The molecule has 0 spiro atoms. The van der Waals surface area contributed by atoms with Crippen LogP contribution >= 0.6 is 0 Å². The second-order valence-corrected chi connectivity index (χ2v) is 9.30. The molecule has 1 aliphatic rings. The van der Waals surface area contributed by atoms with Gasteiger partial charge in [0.1, 0.15) is 23.2 Å². The number of methoxy groups -OCH3 is 1. The average molecular weight is 526 g/mol. The van der Waals surface area contributed by atoms with E-state index in [4.69, 9.17) is 9.84 Å². The maximum Gasteiger partial charge on any atom is 0.323 e. The Morgan fingerprint density at radius 2 is 1.82 bits per heavy atom. The molecule has 39 heavy (non-hydrogen) atoms. The van der Waals surface area contributed by atoms with Crippen LogP contribution in [0.3, 0.4) is 0 Å². The first kappa shape index (κ1) is 24.4. The zero-order valence-electron chi connectivity index (χ0n) is 21.3. The highest BCUT2D eigenvalue weighted by Gasteiger charge is 2.36. The number of aryl methyl sites for hydroxylation is 1. The molecule has 0 saturated carbocycles. The van der Waals surface area contributed by atoms with E-state index < -0.39 is 23.7 Å². The number of halogens is 2. The number of hydrogen-bond donors (Lipinski definition) is 1.